The Kier molecular flexibility index (Phi) is 3.06. The monoisotopic (exact) mass is 245 g/mol. The maximum Gasteiger partial charge on any atom is 0.133 e. The number of anilines is 1. The number of nitrogens with zero attached hydrogens (tertiary/aromatic N) is 1. The molecule has 0 amide bonds. The largest absolute Gasteiger partial charge is 0.394 e. The maximum atomic E-state index is 10.2. The van der Waals surface area contributed by atoms with Gasteiger partial charge in [-0.1, -0.05) is 0 Å². The molecule has 0 saturated carbocycles. The number of H-pyrrole nitrogens is 1. The van der Waals surface area contributed by atoms with Gasteiger partial charge in [0.1, 0.15) is 29.6 Å². The average Bonchev–Trinajstić information content (AvgIpc) is 2.84. The zero-order valence-electron chi connectivity index (χ0n) is 9.16. The second-order valence-corrected chi connectivity index (χ2v) is 4.22. The molecule has 1 saturated heterocycles. The van der Waals surface area contributed by atoms with Crippen LogP contribution in [0.4, 0.5) is 5.69 Å². The van der Waals surface area contributed by atoms with Crippen LogP contribution in [0.3, 0.4) is 0 Å². The van der Waals surface area contributed by atoms with E-state index in [4.69, 9.17) is 15.1 Å². The van der Waals surface area contributed by atoms with Gasteiger partial charge in [-0.15, -0.1) is 0 Å². The van der Waals surface area contributed by atoms with Crippen LogP contribution < -0.4 is 5.48 Å². The van der Waals surface area contributed by atoms with Crippen molar-refractivity contribution >= 4 is 5.69 Å². The van der Waals surface area contributed by atoms with Crippen LogP contribution in [0.25, 0.3) is 0 Å². The van der Waals surface area contributed by atoms with Crippen molar-refractivity contribution in [2.75, 3.05) is 12.1 Å². The fourth-order valence-corrected chi connectivity index (χ4v) is 2.01. The van der Waals surface area contributed by atoms with Gasteiger partial charge in [-0.3, -0.25) is 15.8 Å². The van der Waals surface area contributed by atoms with Crippen LogP contribution in [0.1, 0.15) is 18.7 Å². The SMILES string of the molecule is C[C@@]1(O)[C@H](O)[C@@H](CO)O[C@H]1c1[nH]ncc1NO. The molecular weight excluding hydrogens is 230 g/mol. The Bertz CT molecular complexity index is 394. The number of nitrogens with one attached hydrogen (secondary N) is 2. The van der Waals surface area contributed by atoms with Gasteiger partial charge in [0, 0.05) is 0 Å². The van der Waals surface area contributed by atoms with E-state index < -0.39 is 30.5 Å². The highest BCUT2D eigenvalue weighted by molar-refractivity contribution is 5.46. The van der Waals surface area contributed by atoms with Gasteiger partial charge in [0.2, 0.25) is 0 Å². The van der Waals surface area contributed by atoms with Crippen molar-refractivity contribution in [1.29, 1.82) is 0 Å². The van der Waals surface area contributed by atoms with Gasteiger partial charge in [-0.2, -0.15) is 5.10 Å². The molecule has 96 valence electrons. The van der Waals surface area contributed by atoms with Gasteiger partial charge in [-0.25, -0.2) is 0 Å². The van der Waals surface area contributed by atoms with Gasteiger partial charge in [-0.05, 0) is 6.92 Å². The zero-order chi connectivity index (χ0) is 12.6. The third-order valence-corrected chi connectivity index (χ3v) is 3.02. The molecule has 1 aliphatic rings. The topological polar surface area (TPSA) is 131 Å². The molecule has 0 aliphatic carbocycles. The number of aromatic amines is 1. The highest BCUT2D eigenvalue weighted by atomic mass is 16.6. The molecule has 0 unspecified atom stereocenters. The summed E-state index contributed by atoms with van der Waals surface area (Å²) in [5, 5.41) is 44.1. The Morgan fingerprint density at radius 3 is 2.88 bits per heavy atom. The Balaban J connectivity index is 2.33. The number of aromatic nitrogens is 2. The summed E-state index contributed by atoms with van der Waals surface area (Å²) < 4.78 is 5.35. The van der Waals surface area contributed by atoms with Gasteiger partial charge in [0.05, 0.1) is 18.5 Å². The quantitative estimate of drug-likeness (QED) is 0.367. The molecule has 4 atom stereocenters. The molecule has 2 rings (SSSR count). The van der Waals surface area contributed by atoms with Gasteiger partial charge >= 0.3 is 0 Å². The summed E-state index contributed by atoms with van der Waals surface area (Å²) in [6, 6.07) is 0. The fraction of sp³-hybridized carbons (Fsp3) is 0.667. The van der Waals surface area contributed by atoms with Crippen molar-refractivity contribution in [1.82, 2.24) is 10.2 Å². The lowest BCUT2D eigenvalue weighted by Gasteiger charge is -2.26. The van der Waals surface area contributed by atoms with Crippen LogP contribution >= 0.6 is 0 Å². The molecule has 0 aromatic carbocycles. The van der Waals surface area contributed by atoms with E-state index in [0.29, 0.717) is 5.69 Å². The Labute approximate surface area is 96.8 Å². The lowest BCUT2D eigenvalue weighted by atomic mass is 9.91. The van der Waals surface area contributed by atoms with E-state index in [2.05, 4.69) is 10.2 Å². The number of ether oxygens (including phenoxy) is 1. The Morgan fingerprint density at radius 1 is 1.65 bits per heavy atom. The summed E-state index contributed by atoms with van der Waals surface area (Å²) in [6.45, 7) is 0.976. The second-order valence-electron chi connectivity index (χ2n) is 4.22. The molecule has 1 fully saturated rings. The first-order valence-corrected chi connectivity index (χ1v) is 5.12. The summed E-state index contributed by atoms with van der Waals surface area (Å²) in [7, 11) is 0. The normalized spacial score (nSPS) is 37.4. The standard InChI is InChI=1S/C9H15N3O5/c1-9(15)7(14)5(3-13)17-8(9)6-4(12-16)2-10-11-6/h2,5,7-8,12-16H,3H2,1H3,(H,10,11)/t5-,7-,8+,9-/m1/s1. The molecule has 1 aromatic heterocycles. The van der Waals surface area contributed by atoms with Crippen molar-refractivity contribution in [3.05, 3.63) is 11.9 Å². The number of hydrogen-bond donors (Lipinski definition) is 6. The molecule has 0 radical (unpaired) electrons. The van der Waals surface area contributed by atoms with E-state index in [-0.39, 0.29) is 5.69 Å². The number of hydrogen-bond acceptors (Lipinski definition) is 7. The van der Waals surface area contributed by atoms with E-state index in [0.717, 1.165) is 0 Å². The van der Waals surface area contributed by atoms with Crippen LogP contribution in [0.15, 0.2) is 6.20 Å². The van der Waals surface area contributed by atoms with E-state index >= 15 is 0 Å². The minimum absolute atomic E-state index is 0.237. The van der Waals surface area contributed by atoms with E-state index in [9.17, 15) is 10.2 Å². The number of rotatable bonds is 3. The lowest BCUT2D eigenvalue weighted by Crippen LogP contribution is -2.43. The fourth-order valence-electron chi connectivity index (χ4n) is 2.01. The first kappa shape index (κ1) is 12.3. The maximum absolute atomic E-state index is 10.2. The minimum Gasteiger partial charge on any atom is -0.394 e. The molecule has 17 heavy (non-hydrogen) atoms. The van der Waals surface area contributed by atoms with Crippen LogP contribution in [-0.2, 0) is 4.74 Å². The summed E-state index contributed by atoms with van der Waals surface area (Å²) >= 11 is 0. The molecule has 0 bridgehead atoms. The van der Waals surface area contributed by atoms with Gasteiger partial charge in [0.15, 0.2) is 0 Å². The molecule has 6 N–H and O–H groups in total. The van der Waals surface area contributed by atoms with Crippen molar-refractivity contribution in [3.8, 4) is 0 Å². The second kappa shape index (κ2) is 4.24. The minimum atomic E-state index is -1.59. The molecular formula is C9H15N3O5. The predicted octanol–water partition coefficient (Wildman–Crippen LogP) is -1.25. The highest BCUT2D eigenvalue weighted by Gasteiger charge is 2.53. The number of aliphatic hydroxyl groups excluding tert-OH is 2. The van der Waals surface area contributed by atoms with Crippen LogP contribution in [0.5, 0.6) is 0 Å². The highest BCUT2D eigenvalue weighted by Crippen LogP contribution is 2.42. The predicted molar refractivity (Wildman–Crippen MR) is 55.3 cm³/mol. The van der Waals surface area contributed by atoms with Crippen molar-refractivity contribution in [2.45, 2.75) is 30.8 Å². The smallest absolute Gasteiger partial charge is 0.133 e. The van der Waals surface area contributed by atoms with Crippen molar-refractivity contribution in [2.24, 2.45) is 0 Å². The molecule has 8 nitrogen and oxygen atoms in total. The number of aliphatic hydroxyl groups is 3. The van der Waals surface area contributed by atoms with E-state index in [1.807, 2.05) is 5.48 Å². The zero-order valence-corrected chi connectivity index (χ0v) is 9.16. The third kappa shape index (κ3) is 1.79. The summed E-state index contributed by atoms with van der Waals surface area (Å²) in [4.78, 5) is 0. The molecule has 1 aliphatic heterocycles. The summed E-state index contributed by atoms with van der Waals surface area (Å²) in [5.74, 6) is 0. The molecule has 0 spiro atoms. The first-order valence-electron chi connectivity index (χ1n) is 5.12. The van der Waals surface area contributed by atoms with E-state index in [1.54, 1.807) is 0 Å². The molecule has 8 heteroatoms. The van der Waals surface area contributed by atoms with E-state index in [1.165, 1.54) is 13.1 Å². The van der Waals surface area contributed by atoms with Gasteiger partial charge in [0.25, 0.3) is 0 Å². The average molecular weight is 245 g/mol. The van der Waals surface area contributed by atoms with Crippen LogP contribution in [0, 0.1) is 0 Å². The van der Waals surface area contributed by atoms with Crippen molar-refractivity contribution in [3.63, 3.8) is 0 Å². The van der Waals surface area contributed by atoms with Crippen LogP contribution in [0.2, 0.25) is 0 Å². The Morgan fingerprint density at radius 2 is 2.35 bits per heavy atom. The van der Waals surface area contributed by atoms with Crippen LogP contribution in [-0.4, -0.2) is 55.1 Å². The van der Waals surface area contributed by atoms with Crippen molar-refractivity contribution < 1.29 is 25.3 Å². The molecule has 2 heterocycles. The van der Waals surface area contributed by atoms with Gasteiger partial charge < -0.3 is 20.1 Å². The lowest BCUT2D eigenvalue weighted by molar-refractivity contribution is -0.0658. The third-order valence-electron chi connectivity index (χ3n) is 3.02. The first-order chi connectivity index (χ1) is 8.02. The molecule has 1 aromatic rings. The Hall–Kier alpha value is -1.19. The summed E-state index contributed by atoms with van der Waals surface area (Å²) in [5.41, 5.74) is 0.853. The summed E-state index contributed by atoms with van der Waals surface area (Å²) in [6.07, 6.45) is -1.73.